The summed E-state index contributed by atoms with van der Waals surface area (Å²) in [4.78, 5) is 0. The fraction of sp³-hybridized carbons (Fsp3) is 0.0110. The Morgan fingerprint density at radius 2 is 0.538 bits per heavy atom. The van der Waals surface area contributed by atoms with Gasteiger partial charge in [-0.3, -0.25) is 0 Å². The first-order valence-electron chi connectivity index (χ1n) is 32.2. The lowest BCUT2D eigenvalue weighted by Crippen LogP contribution is -2.04. The smallest absolute Gasteiger partial charge is 0.160 e. The number of rotatable bonds is 11. The Hall–Kier alpha value is -12.1. The number of fused-ring (bicyclic) bond motifs is 9. The van der Waals surface area contributed by atoms with E-state index in [4.69, 9.17) is 4.42 Å². The highest BCUT2D eigenvalue weighted by Gasteiger charge is 2.34. The Bertz CT molecular complexity index is 5460. The van der Waals surface area contributed by atoms with Crippen molar-refractivity contribution < 1.29 is 4.42 Å². The van der Waals surface area contributed by atoms with Gasteiger partial charge in [-0.1, -0.05) is 303 Å². The third-order valence-electron chi connectivity index (χ3n) is 19.4. The SMILES string of the molecule is c1ccc(-c2ccccc2-c2ccc3c(c2)-c2cc(-c4ccccc4-c4ccccc4)ccc2C3c2ccccc2-c2ccc3c(oc4ccccc43)c2-n2c3ccc(-c4ccccc4-c4ccccc4)cc3c3cc(-c4ccccc4-c4ccccc4)ccc32)cc1. The highest BCUT2D eigenvalue weighted by molar-refractivity contribution is 6.16. The number of aromatic nitrogens is 1. The molecule has 93 heavy (non-hydrogen) atoms. The molecule has 1 aliphatic rings. The normalized spacial score (nSPS) is 12.0. The topological polar surface area (TPSA) is 18.1 Å². The van der Waals surface area contributed by atoms with Gasteiger partial charge in [-0.2, -0.15) is 0 Å². The molecule has 0 bridgehead atoms. The molecule has 2 heterocycles. The monoisotopic (exact) mass is 1180 g/mol. The molecule has 0 fully saturated rings. The molecule has 2 heteroatoms. The van der Waals surface area contributed by atoms with Crippen molar-refractivity contribution in [3.05, 3.63) is 369 Å². The molecular weight excluding hydrogens is 1120 g/mol. The fourth-order valence-electron chi connectivity index (χ4n) is 15.1. The second-order valence-corrected chi connectivity index (χ2v) is 24.5. The molecule has 0 saturated carbocycles. The Labute approximate surface area is 540 Å². The molecule has 15 aromatic carbocycles. The zero-order chi connectivity index (χ0) is 61.3. The summed E-state index contributed by atoms with van der Waals surface area (Å²) >= 11 is 0. The van der Waals surface area contributed by atoms with E-state index in [9.17, 15) is 0 Å². The lowest BCUT2D eigenvalue weighted by molar-refractivity contribution is 0.666. The molecule has 434 valence electrons. The minimum Gasteiger partial charge on any atom is -0.454 e. The van der Waals surface area contributed by atoms with Crippen molar-refractivity contribution in [2.45, 2.75) is 5.92 Å². The van der Waals surface area contributed by atoms with E-state index >= 15 is 0 Å². The molecule has 0 unspecified atom stereocenters. The zero-order valence-corrected chi connectivity index (χ0v) is 50.9. The third-order valence-corrected chi connectivity index (χ3v) is 19.4. The number of hydrogen-bond donors (Lipinski definition) is 0. The molecule has 0 saturated heterocycles. The molecule has 0 atom stereocenters. The maximum Gasteiger partial charge on any atom is 0.160 e. The predicted molar refractivity (Wildman–Crippen MR) is 390 cm³/mol. The maximum absolute atomic E-state index is 7.33. The van der Waals surface area contributed by atoms with Crippen LogP contribution in [0, 0.1) is 0 Å². The summed E-state index contributed by atoms with van der Waals surface area (Å²) in [6, 6.07) is 130. The average Bonchev–Trinajstić information content (AvgIpc) is 1.57. The second-order valence-electron chi connectivity index (χ2n) is 24.5. The van der Waals surface area contributed by atoms with Gasteiger partial charge in [-0.25, -0.2) is 0 Å². The molecule has 2 aromatic heterocycles. The van der Waals surface area contributed by atoms with Crippen molar-refractivity contribution in [1.29, 1.82) is 0 Å². The summed E-state index contributed by atoms with van der Waals surface area (Å²) in [5.74, 6) is -0.111. The molecule has 0 aliphatic heterocycles. The van der Waals surface area contributed by atoms with Crippen LogP contribution in [-0.4, -0.2) is 4.57 Å². The van der Waals surface area contributed by atoms with Crippen LogP contribution in [0.5, 0.6) is 0 Å². The van der Waals surface area contributed by atoms with Crippen LogP contribution in [0.4, 0.5) is 0 Å². The molecule has 18 rings (SSSR count). The van der Waals surface area contributed by atoms with E-state index in [1.165, 1.54) is 106 Å². The largest absolute Gasteiger partial charge is 0.454 e. The van der Waals surface area contributed by atoms with Gasteiger partial charge in [0.05, 0.1) is 16.7 Å². The number of nitrogens with zero attached hydrogens (tertiary/aromatic N) is 1. The van der Waals surface area contributed by atoms with Crippen LogP contribution >= 0.6 is 0 Å². The molecular formula is C91H59NO. The summed E-state index contributed by atoms with van der Waals surface area (Å²) in [7, 11) is 0. The van der Waals surface area contributed by atoms with Gasteiger partial charge in [0.25, 0.3) is 0 Å². The fourth-order valence-corrected chi connectivity index (χ4v) is 15.1. The van der Waals surface area contributed by atoms with Crippen LogP contribution < -0.4 is 0 Å². The van der Waals surface area contributed by atoms with E-state index in [0.29, 0.717) is 0 Å². The van der Waals surface area contributed by atoms with Crippen molar-refractivity contribution in [1.82, 2.24) is 4.57 Å². The Balaban J connectivity index is 0.883. The van der Waals surface area contributed by atoms with Crippen LogP contribution in [0.2, 0.25) is 0 Å². The standard InChI is InChI=1S/C91H59NO/c1-5-25-59(26-6-1)67-33-13-17-37-71(67)63-45-49-78-82(55-63)83-56-64(72-38-18-14-34-68(72)60-27-7-2-8-28-60)46-50-79(83)89(78)77-43-22-21-41-75(77)80-51-52-81-76-42-23-24-44-88(76)93-91(81)90(80)92-86-53-47-65(73-39-19-15-35-69(73)61-29-9-3-10-30-61)57-84(86)85-58-66(48-54-87(85)92)74-40-20-16-36-70(74)62-31-11-4-12-32-62/h1-58,89H. The minimum atomic E-state index is -0.111. The van der Waals surface area contributed by atoms with Crippen molar-refractivity contribution in [3.8, 4) is 117 Å². The van der Waals surface area contributed by atoms with E-state index in [0.717, 1.165) is 71.7 Å². The predicted octanol–water partition coefficient (Wildman–Crippen LogP) is 24.8. The van der Waals surface area contributed by atoms with Gasteiger partial charge in [0, 0.05) is 33.0 Å². The van der Waals surface area contributed by atoms with Crippen LogP contribution in [0.1, 0.15) is 22.6 Å². The number of furan rings is 1. The van der Waals surface area contributed by atoms with Gasteiger partial charge in [-0.15, -0.1) is 0 Å². The molecule has 1 aliphatic carbocycles. The highest BCUT2D eigenvalue weighted by Crippen LogP contribution is 2.55. The van der Waals surface area contributed by atoms with Crippen LogP contribution in [0.3, 0.4) is 0 Å². The van der Waals surface area contributed by atoms with Gasteiger partial charge < -0.3 is 8.98 Å². The Morgan fingerprint density at radius 3 is 0.968 bits per heavy atom. The second kappa shape index (κ2) is 22.4. The molecule has 0 radical (unpaired) electrons. The quantitative estimate of drug-likeness (QED) is 0.126. The Kier molecular flexibility index (Phi) is 13.0. The number of benzene rings is 15. The van der Waals surface area contributed by atoms with Gasteiger partial charge in [0.2, 0.25) is 0 Å². The minimum absolute atomic E-state index is 0.111. The van der Waals surface area contributed by atoms with E-state index < -0.39 is 0 Å². The van der Waals surface area contributed by atoms with E-state index in [2.05, 4.69) is 356 Å². The van der Waals surface area contributed by atoms with Gasteiger partial charge in [0.15, 0.2) is 5.58 Å². The van der Waals surface area contributed by atoms with Crippen molar-refractivity contribution in [3.63, 3.8) is 0 Å². The van der Waals surface area contributed by atoms with E-state index in [-0.39, 0.29) is 5.92 Å². The lowest BCUT2D eigenvalue weighted by Gasteiger charge is -2.22. The molecule has 0 spiro atoms. The van der Waals surface area contributed by atoms with Crippen molar-refractivity contribution >= 4 is 43.7 Å². The summed E-state index contributed by atoms with van der Waals surface area (Å²) in [5, 5.41) is 4.47. The van der Waals surface area contributed by atoms with Gasteiger partial charge in [-0.05, 0) is 171 Å². The van der Waals surface area contributed by atoms with Crippen LogP contribution in [0.15, 0.2) is 356 Å². The van der Waals surface area contributed by atoms with Gasteiger partial charge >= 0.3 is 0 Å². The Morgan fingerprint density at radius 1 is 0.204 bits per heavy atom. The van der Waals surface area contributed by atoms with Crippen molar-refractivity contribution in [2.75, 3.05) is 0 Å². The van der Waals surface area contributed by atoms with Gasteiger partial charge in [0.1, 0.15) is 5.58 Å². The first kappa shape index (κ1) is 53.9. The highest BCUT2D eigenvalue weighted by atomic mass is 16.3. The summed E-state index contributed by atoms with van der Waals surface area (Å²) in [6.45, 7) is 0. The first-order chi connectivity index (χ1) is 46.2. The number of hydrogen-bond acceptors (Lipinski definition) is 1. The summed E-state index contributed by atoms with van der Waals surface area (Å²) in [5.41, 5.74) is 32.4. The molecule has 17 aromatic rings. The molecule has 0 amide bonds. The molecule has 0 N–H and O–H groups in total. The third kappa shape index (κ3) is 9.09. The lowest BCUT2D eigenvalue weighted by atomic mass is 9.83. The summed E-state index contributed by atoms with van der Waals surface area (Å²) in [6.07, 6.45) is 0. The summed E-state index contributed by atoms with van der Waals surface area (Å²) < 4.78 is 9.85. The molecule has 2 nitrogen and oxygen atoms in total. The maximum atomic E-state index is 7.33. The number of para-hydroxylation sites is 1. The van der Waals surface area contributed by atoms with Crippen LogP contribution in [0.25, 0.3) is 161 Å². The first-order valence-corrected chi connectivity index (χ1v) is 32.2. The van der Waals surface area contributed by atoms with E-state index in [1.54, 1.807) is 0 Å². The zero-order valence-electron chi connectivity index (χ0n) is 50.9. The van der Waals surface area contributed by atoms with E-state index in [1.807, 2.05) is 0 Å². The van der Waals surface area contributed by atoms with Crippen molar-refractivity contribution in [2.24, 2.45) is 0 Å². The average molecular weight is 1180 g/mol. The van der Waals surface area contributed by atoms with Crippen LogP contribution in [-0.2, 0) is 0 Å².